The summed E-state index contributed by atoms with van der Waals surface area (Å²) < 4.78 is 0. The second kappa shape index (κ2) is 8.99. The molecular formula is C13H20ClN5. The molecule has 0 bridgehead atoms. The standard InChI is InChI=1S/C13H19N5.ClH/c1-2-9-18(13(16)17-12(14)15)10-8-11-6-4-3-5-7-11;/h2-7H,1,8-10H2,(H5,14,15,16,17);1H. The Labute approximate surface area is 119 Å². The van der Waals surface area contributed by atoms with Crippen LogP contribution in [0.5, 0.6) is 0 Å². The number of hydrogen-bond acceptors (Lipinski definition) is 1. The third-order valence-corrected chi connectivity index (χ3v) is 2.40. The molecule has 0 saturated heterocycles. The minimum Gasteiger partial charge on any atom is -0.370 e. The van der Waals surface area contributed by atoms with Gasteiger partial charge in [0.15, 0.2) is 5.96 Å². The average Bonchev–Trinajstić information content (AvgIpc) is 2.34. The van der Waals surface area contributed by atoms with E-state index in [1.807, 2.05) is 18.2 Å². The Morgan fingerprint density at radius 2 is 1.95 bits per heavy atom. The lowest BCUT2D eigenvalue weighted by Crippen LogP contribution is -2.34. The van der Waals surface area contributed by atoms with Crippen molar-refractivity contribution in [1.82, 2.24) is 4.90 Å². The van der Waals surface area contributed by atoms with E-state index in [0.29, 0.717) is 13.1 Å². The molecule has 0 unspecified atom stereocenters. The molecule has 0 amide bonds. The number of nitrogens with zero attached hydrogens (tertiary/aromatic N) is 2. The molecule has 0 radical (unpaired) electrons. The first-order valence-electron chi connectivity index (χ1n) is 5.71. The number of nitrogens with one attached hydrogen (secondary N) is 1. The number of aliphatic imine (C=N–C) groups is 1. The quantitative estimate of drug-likeness (QED) is 0.432. The lowest BCUT2D eigenvalue weighted by molar-refractivity contribution is 0.458. The van der Waals surface area contributed by atoms with Gasteiger partial charge in [-0.25, -0.2) is 0 Å². The monoisotopic (exact) mass is 281 g/mol. The normalized spacial score (nSPS) is 9.05. The van der Waals surface area contributed by atoms with Gasteiger partial charge in [0, 0.05) is 13.1 Å². The molecule has 0 atom stereocenters. The highest BCUT2D eigenvalue weighted by atomic mass is 35.5. The summed E-state index contributed by atoms with van der Waals surface area (Å²) in [6.45, 7) is 4.88. The van der Waals surface area contributed by atoms with Crippen LogP contribution in [0, 0.1) is 5.41 Å². The summed E-state index contributed by atoms with van der Waals surface area (Å²) >= 11 is 0. The molecule has 1 rings (SSSR count). The Kier molecular flexibility index (Phi) is 8.04. The summed E-state index contributed by atoms with van der Waals surface area (Å²) in [4.78, 5) is 5.51. The second-order valence-corrected chi connectivity index (χ2v) is 3.83. The Balaban J connectivity index is 0.00000324. The fraction of sp³-hybridized carbons (Fsp3) is 0.231. The van der Waals surface area contributed by atoms with Gasteiger partial charge in [-0.1, -0.05) is 36.4 Å². The number of halogens is 1. The summed E-state index contributed by atoms with van der Waals surface area (Å²) in [5.74, 6) is -0.0420. The van der Waals surface area contributed by atoms with E-state index in [2.05, 4.69) is 23.7 Å². The fourth-order valence-electron chi connectivity index (χ4n) is 1.54. The molecule has 104 valence electrons. The molecule has 0 heterocycles. The van der Waals surface area contributed by atoms with Gasteiger partial charge in [-0.15, -0.1) is 19.0 Å². The van der Waals surface area contributed by atoms with Crippen LogP contribution in [0.1, 0.15) is 5.56 Å². The molecule has 0 aliphatic heterocycles. The van der Waals surface area contributed by atoms with Crippen LogP contribution in [0.2, 0.25) is 0 Å². The summed E-state index contributed by atoms with van der Waals surface area (Å²) in [6, 6.07) is 10.1. The van der Waals surface area contributed by atoms with Crippen molar-refractivity contribution in [2.24, 2.45) is 16.5 Å². The Bertz CT molecular complexity index is 426. The van der Waals surface area contributed by atoms with Crippen molar-refractivity contribution in [2.75, 3.05) is 13.1 Å². The molecule has 0 fully saturated rings. The van der Waals surface area contributed by atoms with Gasteiger partial charge < -0.3 is 16.4 Å². The molecule has 0 aromatic heterocycles. The summed E-state index contributed by atoms with van der Waals surface area (Å²) in [7, 11) is 0. The average molecular weight is 282 g/mol. The lowest BCUT2D eigenvalue weighted by Gasteiger charge is -2.20. The van der Waals surface area contributed by atoms with Crippen molar-refractivity contribution in [2.45, 2.75) is 6.42 Å². The Morgan fingerprint density at radius 1 is 1.32 bits per heavy atom. The number of benzene rings is 1. The lowest BCUT2D eigenvalue weighted by atomic mass is 10.1. The third kappa shape index (κ3) is 6.47. The van der Waals surface area contributed by atoms with E-state index in [1.54, 1.807) is 11.0 Å². The smallest absolute Gasteiger partial charge is 0.221 e. The highest BCUT2D eigenvalue weighted by Crippen LogP contribution is 2.02. The molecule has 0 saturated carbocycles. The number of nitrogens with two attached hydrogens (primary N) is 2. The Morgan fingerprint density at radius 3 is 2.47 bits per heavy atom. The maximum atomic E-state index is 7.78. The van der Waals surface area contributed by atoms with E-state index >= 15 is 0 Å². The molecule has 1 aromatic carbocycles. The van der Waals surface area contributed by atoms with Crippen LogP contribution in [-0.4, -0.2) is 29.9 Å². The van der Waals surface area contributed by atoms with Crippen LogP contribution < -0.4 is 11.5 Å². The van der Waals surface area contributed by atoms with E-state index in [-0.39, 0.29) is 24.3 Å². The van der Waals surface area contributed by atoms with Gasteiger partial charge in [-0.3, -0.25) is 5.41 Å². The molecule has 19 heavy (non-hydrogen) atoms. The zero-order valence-electron chi connectivity index (χ0n) is 10.7. The molecule has 0 aliphatic carbocycles. The van der Waals surface area contributed by atoms with Crippen molar-refractivity contribution in [3.05, 3.63) is 48.6 Å². The topological polar surface area (TPSA) is 91.5 Å². The van der Waals surface area contributed by atoms with Gasteiger partial charge in [0.05, 0.1) is 0 Å². The number of hydrogen-bond donors (Lipinski definition) is 3. The van der Waals surface area contributed by atoms with Crippen LogP contribution in [0.3, 0.4) is 0 Å². The first-order chi connectivity index (χ1) is 8.63. The molecule has 1 aromatic rings. The van der Waals surface area contributed by atoms with Gasteiger partial charge in [-0.05, 0) is 12.0 Å². The van der Waals surface area contributed by atoms with E-state index < -0.39 is 0 Å². The van der Waals surface area contributed by atoms with Crippen LogP contribution in [0.25, 0.3) is 0 Å². The molecule has 0 spiro atoms. The van der Waals surface area contributed by atoms with Gasteiger partial charge >= 0.3 is 0 Å². The van der Waals surface area contributed by atoms with E-state index in [0.717, 1.165) is 6.42 Å². The minimum atomic E-state index is -0.103. The van der Waals surface area contributed by atoms with Crippen LogP contribution in [0.4, 0.5) is 0 Å². The maximum absolute atomic E-state index is 7.78. The predicted octanol–water partition coefficient (Wildman–Crippen LogP) is 1.35. The zero-order valence-corrected chi connectivity index (χ0v) is 11.6. The largest absolute Gasteiger partial charge is 0.370 e. The number of rotatable bonds is 5. The predicted molar refractivity (Wildman–Crippen MR) is 82.7 cm³/mol. The molecule has 5 N–H and O–H groups in total. The SMILES string of the molecule is C=CCN(CCc1ccccc1)C(=N)N=C(N)N.Cl. The first-order valence-corrected chi connectivity index (χ1v) is 5.71. The van der Waals surface area contributed by atoms with Gasteiger partial charge in [-0.2, -0.15) is 4.99 Å². The first kappa shape index (κ1) is 17.0. The van der Waals surface area contributed by atoms with Gasteiger partial charge in [0.25, 0.3) is 0 Å². The van der Waals surface area contributed by atoms with Crippen LogP contribution in [0.15, 0.2) is 48.0 Å². The third-order valence-electron chi connectivity index (χ3n) is 2.40. The highest BCUT2D eigenvalue weighted by Gasteiger charge is 2.07. The molecular weight excluding hydrogens is 262 g/mol. The van der Waals surface area contributed by atoms with Crippen LogP contribution >= 0.6 is 12.4 Å². The summed E-state index contributed by atoms with van der Waals surface area (Å²) in [6.07, 6.45) is 2.55. The molecule has 5 nitrogen and oxygen atoms in total. The molecule has 6 heteroatoms. The van der Waals surface area contributed by atoms with Crippen molar-refractivity contribution >= 4 is 24.3 Å². The second-order valence-electron chi connectivity index (χ2n) is 3.83. The van der Waals surface area contributed by atoms with E-state index in [1.165, 1.54) is 5.56 Å². The van der Waals surface area contributed by atoms with Gasteiger partial charge in [0.2, 0.25) is 5.96 Å². The number of guanidine groups is 2. The molecule has 0 aliphatic rings. The summed E-state index contributed by atoms with van der Waals surface area (Å²) in [5, 5.41) is 7.78. The van der Waals surface area contributed by atoms with Crippen molar-refractivity contribution in [1.29, 1.82) is 5.41 Å². The summed E-state index contributed by atoms with van der Waals surface area (Å²) in [5.41, 5.74) is 11.8. The van der Waals surface area contributed by atoms with E-state index in [9.17, 15) is 0 Å². The maximum Gasteiger partial charge on any atom is 0.221 e. The van der Waals surface area contributed by atoms with Crippen molar-refractivity contribution in [3.8, 4) is 0 Å². The van der Waals surface area contributed by atoms with Gasteiger partial charge in [0.1, 0.15) is 0 Å². The van der Waals surface area contributed by atoms with E-state index in [4.69, 9.17) is 16.9 Å². The minimum absolute atomic E-state index is 0. The fourth-order valence-corrected chi connectivity index (χ4v) is 1.54. The van der Waals surface area contributed by atoms with Crippen LogP contribution in [-0.2, 0) is 6.42 Å². The van der Waals surface area contributed by atoms with Crippen molar-refractivity contribution < 1.29 is 0 Å². The Hall–Kier alpha value is -2.01. The van der Waals surface area contributed by atoms with Crippen molar-refractivity contribution in [3.63, 3.8) is 0 Å². The highest BCUT2D eigenvalue weighted by molar-refractivity contribution is 5.91. The zero-order chi connectivity index (χ0) is 13.4.